The van der Waals surface area contributed by atoms with Crippen molar-refractivity contribution in [3.63, 3.8) is 0 Å². The van der Waals surface area contributed by atoms with E-state index >= 15 is 0 Å². The lowest BCUT2D eigenvalue weighted by Gasteiger charge is -2.11. The van der Waals surface area contributed by atoms with Crippen molar-refractivity contribution in [3.05, 3.63) is 53.2 Å². The van der Waals surface area contributed by atoms with Crippen LogP contribution in [0, 0.1) is 6.92 Å². The van der Waals surface area contributed by atoms with Crippen LogP contribution in [0.4, 0.5) is 0 Å². The molecule has 2 aromatic heterocycles. The number of hydrogen-bond donors (Lipinski definition) is 0. The molecule has 0 spiro atoms. The second-order valence-electron chi connectivity index (χ2n) is 4.17. The summed E-state index contributed by atoms with van der Waals surface area (Å²) in [4.78, 5) is 1.09. The van der Waals surface area contributed by atoms with Gasteiger partial charge in [-0.25, -0.2) is 0 Å². The number of para-hydroxylation sites is 1. The van der Waals surface area contributed by atoms with E-state index < -0.39 is 0 Å². The molecule has 0 aliphatic heterocycles. The third-order valence-electron chi connectivity index (χ3n) is 2.95. The van der Waals surface area contributed by atoms with Crippen molar-refractivity contribution in [2.45, 2.75) is 12.8 Å². The van der Waals surface area contributed by atoms with E-state index in [9.17, 15) is 0 Å². The van der Waals surface area contributed by atoms with E-state index in [1.54, 1.807) is 11.3 Å². The predicted molar refractivity (Wildman–Crippen MR) is 79.0 cm³/mol. The van der Waals surface area contributed by atoms with E-state index in [1.807, 2.05) is 34.2 Å². The number of alkyl halides is 1. The van der Waals surface area contributed by atoms with Crippen LogP contribution < -0.4 is 0 Å². The number of halogens is 1. The molecule has 0 N–H and O–H groups in total. The maximum absolute atomic E-state index is 5.99. The average Bonchev–Trinajstić information content (AvgIpc) is 3.07. The third kappa shape index (κ3) is 2.17. The topological polar surface area (TPSA) is 30.7 Å². The largest absolute Gasteiger partial charge is 0.277 e. The van der Waals surface area contributed by atoms with Crippen molar-refractivity contribution in [3.8, 4) is 16.4 Å². The SMILES string of the molecule is Cc1ccccc1-n1c(CCl)nnc1-c1cccs1. The highest BCUT2D eigenvalue weighted by molar-refractivity contribution is 7.13. The molecule has 0 bridgehead atoms. The number of nitrogens with zero attached hydrogens (tertiary/aromatic N) is 3. The lowest BCUT2D eigenvalue weighted by Crippen LogP contribution is -2.03. The summed E-state index contributed by atoms with van der Waals surface area (Å²) in [5, 5.41) is 10.5. The first-order valence-electron chi connectivity index (χ1n) is 5.91. The van der Waals surface area contributed by atoms with Crippen LogP contribution in [0.3, 0.4) is 0 Å². The Morgan fingerprint density at radius 1 is 1.16 bits per heavy atom. The molecule has 0 atom stereocenters. The standard InChI is InChI=1S/C14H12ClN3S/c1-10-5-2-3-6-11(10)18-13(9-15)16-17-14(18)12-7-4-8-19-12/h2-8H,9H2,1H3. The zero-order valence-corrected chi connectivity index (χ0v) is 11.9. The summed E-state index contributed by atoms with van der Waals surface area (Å²) in [7, 11) is 0. The van der Waals surface area contributed by atoms with Crippen LogP contribution in [0.1, 0.15) is 11.4 Å². The van der Waals surface area contributed by atoms with E-state index in [0.717, 1.165) is 22.2 Å². The molecular weight excluding hydrogens is 278 g/mol. The van der Waals surface area contributed by atoms with Gasteiger partial charge in [0.25, 0.3) is 0 Å². The lowest BCUT2D eigenvalue weighted by molar-refractivity contribution is 0.947. The van der Waals surface area contributed by atoms with Gasteiger partial charge in [-0.2, -0.15) is 0 Å². The Bertz CT molecular complexity index is 689. The molecule has 0 saturated heterocycles. The fourth-order valence-electron chi connectivity index (χ4n) is 2.04. The molecule has 2 heterocycles. The first kappa shape index (κ1) is 12.4. The maximum atomic E-state index is 5.99. The molecule has 19 heavy (non-hydrogen) atoms. The van der Waals surface area contributed by atoms with Crippen LogP contribution in [-0.2, 0) is 5.88 Å². The second-order valence-corrected chi connectivity index (χ2v) is 5.39. The van der Waals surface area contributed by atoms with Gasteiger partial charge in [-0.05, 0) is 30.0 Å². The van der Waals surface area contributed by atoms with Gasteiger partial charge in [0.2, 0.25) is 0 Å². The number of aromatic nitrogens is 3. The molecule has 0 aliphatic rings. The van der Waals surface area contributed by atoms with Gasteiger partial charge in [0, 0.05) is 0 Å². The van der Waals surface area contributed by atoms with Gasteiger partial charge < -0.3 is 0 Å². The Morgan fingerprint density at radius 2 is 2.00 bits per heavy atom. The van der Waals surface area contributed by atoms with Crippen molar-refractivity contribution in [1.29, 1.82) is 0 Å². The molecule has 3 aromatic rings. The van der Waals surface area contributed by atoms with Gasteiger partial charge in [-0.15, -0.1) is 33.1 Å². The summed E-state index contributed by atoms with van der Waals surface area (Å²) < 4.78 is 2.04. The fourth-order valence-corrected chi connectivity index (χ4v) is 2.91. The highest BCUT2D eigenvalue weighted by Crippen LogP contribution is 2.28. The molecule has 0 radical (unpaired) electrons. The van der Waals surface area contributed by atoms with Crippen molar-refractivity contribution in [2.75, 3.05) is 0 Å². The Balaban J connectivity index is 2.25. The van der Waals surface area contributed by atoms with Gasteiger partial charge >= 0.3 is 0 Å². The summed E-state index contributed by atoms with van der Waals surface area (Å²) in [5.41, 5.74) is 2.25. The number of aryl methyl sites for hydroxylation is 1. The predicted octanol–water partition coefficient (Wildman–Crippen LogP) is 4.04. The fraction of sp³-hybridized carbons (Fsp3) is 0.143. The van der Waals surface area contributed by atoms with Crippen molar-refractivity contribution in [2.24, 2.45) is 0 Å². The molecule has 0 amide bonds. The normalized spacial score (nSPS) is 10.8. The van der Waals surface area contributed by atoms with E-state index in [-0.39, 0.29) is 0 Å². The van der Waals surface area contributed by atoms with Crippen LogP contribution in [0.2, 0.25) is 0 Å². The molecule has 3 nitrogen and oxygen atoms in total. The summed E-state index contributed by atoms with van der Waals surface area (Å²) in [5.74, 6) is 1.95. The first-order chi connectivity index (χ1) is 9.31. The highest BCUT2D eigenvalue weighted by Gasteiger charge is 2.16. The van der Waals surface area contributed by atoms with E-state index in [2.05, 4.69) is 29.3 Å². The lowest BCUT2D eigenvalue weighted by atomic mass is 10.2. The Morgan fingerprint density at radius 3 is 2.68 bits per heavy atom. The smallest absolute Gasteiger partial charge is 0.178 e. The first-order valence-corrected chi connectivity index (χ1v) is 7.33. The van der Waals surface area contributed by atoms with Gasteiger partial charge in [-0.3, -0.25) is 4.57 Å². The van der Waals surface area contributed by atoms with Crippen LogP contribution in [-0.4, -0.2) is 14.8 Å². The molecule has 3 rings (SSSR count). The third-order valence-corrected chi connectivity index (χ3v) is 4.05. The molecule has 96 valence electrons. The molecule has 1 aromatic carbocycles. The van der Waals surface area contributed by atoms with Gasteiger partial charge in [0.05, 0.1) is 16.4 Å². The zero-order valence-electron chi connectivity index (χ0n) is 10.4. The summed E-state index contributed by atoms with van der Waals surface area (Å²) in [6.45, 7) is 2.07. The monoisotopic (exact) mass is 289 g/mol. The number of hydrogen-bond acceptors (Lipinski definition) is 3. The van der Waals surface area contributed by atoms with E-state index in [0.29, 0.717) is 5.88 Å². The van der Waals surface area contributed by atoms with Crippen LogP contribution in [0.5, 0.6) is 0 Å². The molecule has 0 aliphatic carbocycles. The highest BCUT2D eigenvalue weighted by atomic mass is 35.5. The summed E-state index contributed by atoms with van der Waals surface area (Å²) >= 11 is 7.64. The quantitative estimate of drug-likeness (QED) is 0.681. The van der Waals surface area contributed by atoms with Crippen LogP contribution in [0.15, 0.2) is 41.8 Å². The molecule has 0 saturated carbocycles. The zero-order chi connectivity index (χ0) is 13.2. The molecular formula is C14H12ClN3S. The minimum absolute atomic E-state index is 0.340. The minimum Gasteiger partial charge on any atom is -0.277 e. The van der Waals surface area contributed by atoms with Crippen LogP contribution >= 0.6 is 22.9 Å². The van der Waals surface area contributed by atoms with Gasteiger partial charge in [0.1, 0.15) is 0 Å². The second kappa shape index (κ2) is 5.15. The molecule has 0 unspecified atom stereocenters. The van der Waals surface area contributed by atoms with Gasteiger partial charge in [0.15, 0.2) is 11.6 Å². The molecule has 0 fully saturated rings. The number of thiophene rings is 1. The van der Waals surface area contributed by atoms with Crippen molar-refractivity contribution >= 4 is 22.9 Å². The summed E-state index contributed by atoms with van der Waals surface area (Å²) in [6, 6.07) is 12.2. The minimum atomic E-state index is 0.340. The Labute approximate surface area is 120 Å². The number of benzene rings is 1. The number of rotatable bonds is 3. The van der Waals surface area contributed by atoms with Gasteiger partial charge in [-0.1, -0.05) is 24.3 Å². The Hall–Kier alpha value is -1.65. The van der Waals surface area contributed by atoms with Crippen molar-refractivity contribution < 1.29 is 0 Å². The molecule has 5 heteroatoms. The van der Waals surface area contributed by atoms with Crippen molar-refractivity contribution in [1.82, 2.24) is 14.8 Å². The van der Waals surface area contributed by atoms with E-state index in [4.69, 9.17) is 11.6 Å². The maximum Gasteiger partial charge on any atom is 0.178 e. The van der Waals surface area contributed by atoms with Crippen LogP contribution in [0.25, 0.3) is 16.4 Å². The average molecular weight is 290 g/mol. The van der Waals surface area contributed by atoms with E-state index in [1.165, 1.54) is 5.56 Å². The summed E-state index contributed by atoms with van der Waals surface area (Å²) in [6.07, 6.45) is 0. The Kier molecular flexibility index (Phi) is 3.36.